The number of thiophene rings is 1. The van der Waals surface area contributed by atoms with Crippen molar-refractivity contribution in [1.82, 2.24) is 15.2 Å². The normalized spacial score (nSPS) is 16.2. The second-order valence-electron chi connectivity index (χ2n) is 6.16. The van der Waals surface area contributed by atoms with Crippen molar-refractivity contribution in [2.24, 2.45) is 0 Å². The van der Waals surface area contributed by atoms with E-state index in [4.69, 9.17) is 16.0 Å². The van der Waals surface area contributed by atoms with Gasteiger partial charge in [0.25, 0.3) is 0 Å². The van der Waals surface area contributed by atoms with Gasteiger partial charge < -0.3 is 14.6 Å². The summed E-state index contributed by atoms with van der Waals surface area (Å²) < 4.78 is 5.52. The van der Waals surface area contributed by atoms with Gasteiger partial charge in [0.2, 0.25) is 11.8 Å². The van der Waals surface area contributed by atoms with Crippen LogP contribution in [0.15, 0.2) is 52.5 Å². The van der Waals surface area contributed by atoms with Gasteiger partial charge in [-0.2, -0.15) is 0 Å². The third-order valence-corrected chi connectivity index (χ3v) is 5.51. The highest BCUT2D eigenvalue weighted by Gasteiger charge is 2.28. The lowest BCUT2D eigenvalue weighted by molar-refractivity contribution is -0.133. The van der Waals surface area contributed by atoms with Gasteiger partial charge in [-0.1, -0.05) is 29.8 Å². The van der Waals surface area contributed by atoms with E-state index in [0.717, 1.165) is 17.0 Å². The number of aromatic nitrogens is 1. The number of benzene rings is 1. The summed E-state index contributed by atoms with van der Waals surface area (Å²) in [7, 11) is 0. The first-order valence-electron chi connectivity index (χ1n) is 8.44. The maximum absolute atomic E-state index is 12.9. The van der Waals surface area contributed by atoms with E-state index >= 15 is 0 Å². The smallest absolute Gasteiger partial charge is 0.236 e. The fraction of sp³-hybridized carbons (Fsp3) is 0.263. The Kier molecular flexibility index (Phi) is 8.34. The number of oxazole rings is 1. The molecule has 0 spiro atoms. The van der Waals surface area contributed by atoms with E-state index in [1.165, 1.54) is 0 Å². The summed E-state index contributed by atoms with van der Waals surface area (Å²) in [6.07, 6.45) is 1.80. The van der Waals surface area contributed by atoms with Gasteiger partial charge in [0, 0.05) is 24.7 Å². The van der Waals surface area contributed by atoms with Crippen LogP contribution in [0.3, 0.4) is 0 Å². The van der Waals surface area contributed by atoms with Crippen LogP contribution in [-0.4, -0.2) is 35.4 Å². The Hall–Kier alpha value is -1.57. The Labute approximate surface area is 184 Å². The van der Waals surface area contributed by atoms with Crippen molar-refractivity contribution in [2.45, 2.75) is 12.5 Å². The molecule has 28 heavy (non-hydrogen) atoms. The van der Waals surface area contributed by atoms with E-state index in [1.807, 2.05) is 46.7 Å². The Balaban J connectivity index is 0.00000140. The first-order valence-corrected chi connectivity index (χ1v) is 9.70. The fourth-order valence-electron chi connectivity index (χ4n) is 3.17. The van der Waals surface area contributed by atoms with Crippen LogP contribution in [0, 0.1) is 0 Å². The van der Waals surface area contributed by atoms with Gasteiger partial charge >= 0.3 is 0 Å². The molecule has 2 aromatic heterocycles. The third-order valence-electron chi connectivity index (χ3n) is 4.41. The molecule has 1 N–H and O–H groups in total. The molecule has 9 heteroatoms. The van der Waals surface area contributed by atoms with Crippen LogP contribution in [0.25, 0.3) is 10.8 Å². The lowest BCUT2D eigenvalue weighted by Crippen LogP contribution is -2.49. The number of hydrogen-bond donors (Lipinski definition) is 1. The number of rotatable bonds is 4. The minimum absolute atomic E-state index is 0. The Bertz CT molecular complexity index is 901. The Morgan fingerprint density at radius 2 is 2.18 bits per heavy atom. The number of carbonyl (C=O) groups is 1. The summed E-state index contributed by atoms with van der Waals surface area (Å²) in [4.78, 5) is 20.2. The molecule has 0 aliphatic carbocycles. The topological polar surface area (TPSA) is 58.4 Å². The highest BCUT2D eigenvalue weighted by Crippen LogP contribution is 2.27. The van der Waals surface area contributed by atoms with Crippen LogP contribution in [0.2, 0.25) is 5.02 Å². The quantitative estimate of drug-likeness (QED) is 0.617. The van der Waals surface area contributed by atoms with Crippen molar-refractivity contribution in [2.75, 3.05) is 19.6 Å². The van der Waals surface area contributed by atoms with Gasteiger partial charge in [-0.05, 0) is 29.1 Å². The standard InChI is InChI=1S/C19H18ClN3O2S.2ClH/c20-14-4-1-3-13(9-14)16-11-21-6-7-23(16)18(24)10-15-12-25-19(22-15)17-5-2-8-26-17;;/h1-5,8-9,12,16,21H,6-7,10-11H2;2*1H. The van der Waals surface area contributed by atoms with Crippen molar-refractivity contribution >= 4 is 53.7 Å². The average Bonchev–Trinajstić information content (AvgIpc) is 3.33. The van der Waals surface area contributed by atoms with Crippen molar-refractivity contribution < 1.29 is 9.21 Å². The van der Waals surface area contributed by atoms with Crippen molar-refractivity contribution in [3.05, 3.63) is 64.3 Å². The number of halogens is 3. The summed E-state index contributed by atoms with van der Waals surface area (Å²) in [5.41, 5.74) is 1.69. The minimum Gasteiger partial charge on any atom is -0.444 e. The lowest BCUT2D eigenvalue weighted by atomic mass is 10.0. The molecule has 150 valence electrons. The molecule has 0 radical (unpaired) electrons. The Morgan fingerprint density at radius 1 is 1.32 bits per heavy atom. The number of nitrogens with one attached hydrogen (secondary N) is 1. The van der Waals surface area contributed by atoms with Crippen LogP contribution in [0.1, 0.15) is 17.3 Å². The van der Waals surface area contributed by atoms with Crippen molar-refractivity contribution in [1.29, 1.82) is 0 Å². The number of carbonyl (C=O) groups excluding carboxylic acids is 1. The van der Waals surface area contributed by atoms with E-state index < -0.39 is 0 Å². The maximum Gasteiger partial charge on any atom is 0.236 e. The summed E-state index contributed by atoms with van der Waals surface area (Å²) in [6.45, 7) is 2.15. The predicted molar refractivity (Wildman–Crippen MR) is 117 cm³/mol. The van der Waals surface area contributed by atoms with Crippen LogP contribution in [-0.2, 0) is 11.2 Å². The molecule has 3 heterocycles. The summed E-state index contributed by atoms with van der Waals surface area (Å²) in [5, 5.41) is 6.01. The molecule has 1 aliphatic rings. The molecular weight excluding hydrogens is 441 g/mol. The zero-order chi connectivity index (χ0) is 17.9. The summed E-state index contributed by atoms with van der Waals surface area (Å²) in [6, 6.07) is 11.6. The first kappa shape index (κ1) is 22.7. The molecule has 5 nitrogen and oxygen atoms in total. The van der Waals surface area contributed by atoms with E-state index in [1.54, 1.807) is 17.6 Å². The molecule has 0 saturated carbocycles. The van der Waals surface area contributed by atoms with Gasteiger partial charge in [0.1, 0.15) is 6.26 Å². The summed E-state index contributed by atoms with van der Waals surface area (Å²) >= 11 is 7.69. The summed E-state index contributed by atoms with van der Waals surface area (Å²) in [5.74, 6) is 0.608. The monoisotopic (exact) mass is 459 g/mol. The van der Waals surface area contributed by atoms with Gasteiger partial charge in [-0.3, -0.25) is 4.79 Å². The van der Waals surface area contributed by atoms with E-state index in [2.05, 4.69) is 10.3 Å². The van der Waals surface area contributed by atoms with Crippen LogP contribution in [0.5, 0.6) is 0 Å². The SMILES string of the molecule is Cl.Cl.O=C(Cc1coc(-c2cccs2)n1)N1CCNCC1c1cccc(Cl)c1. The van der Waals surface area contributed by atoms with Gasteiger partial charge in [0.05, 0.1) is 23.0 Å². The van der Waals surface area contributed by atoms with Crippen LogP contribution >= 0.6 is 47.8 Å². The molecule has 3 aromatic rings. The number of amides is 1. The highest BCUT2D eigenvalue weighted by atomic mass is 35.5. The average molecular weight is 461 g/mol. The number of nitrogens with zero attached hydrogens (tertiary/aromatic N) is 2. The maximum atomic E-state index is 12.9. The zero-order valence-electron chi connectivity index (χ0n) is 14.8. The predicted octanol–water partition coefficient (Wildman–Crippen LogP) is 4.62. The van der Waals surface area contributed by atoms with Crippen molar-refractivity contribution in [3.8, 4) is 10.8 Å². The number of piperazine rings is 1. The van der Waals surface area contributed by atoms with Crippen LogP contribution < -0.4 is 5.32 Å². The van der Waals surface area contributed by atoms with Crippen LogP contribution in [0.4, 0.5) is 0 Å². The molecule has 1 saturated heterocycles. The molecular formula is C19H20Cl3N3O2S. The van der Waals surface area contributed by atoms with E-state index in [0.29, 0.717) is 29.7 Å². The second kappa shape index (κ2) is 10.3. The van der Waals surface area contributed by atoms with E-state index in [9.17, 15) is 4.79 Å². The fourth-order valence-corrected chi connectivity index (χ4v) is 4.03. The largest absolute Gasteiger partial charge is 0.444 e. The molecule has 1 atom stereocenters. The Morgan fingerprint density at radius 3 is 2.93 bits per heavy atom. The highest BCUT2D eigenvalue weighted by molar-refractivity contribution is 7.13. The van der Waals surface area contributed by atoms with Gasteiger partial charge in [0.15, 0.2) is 0 Å². The lowest BCUT2D eigenvalue weighted by Gasteiger charge is -2.36. The molecule has 0 bridgehead atoms. The van der Waals surface area contributed by atoms with E-state index in [-0.39, 0.29) is 43.2 Å². The molecule has 1 fully saturated rings. The molecule has 4 rings (SSSR count). The molecule has 1 aromatic carbocycles. The van der Waals surface area contributed by atoms with Crippen molar-refractivity contribution in [3.63, 3.8) is 0 Å². The third kappa shape index (κ3) is 5.07. The van der Waals surface area contributed by atoms with Gasteiger partial charge in [-0.15, -0.1) is 36.2 Å². The minimum atomic E-state index is -0.0291. The van der Waals surface area contributed by atoms with Gasteiger partial charge in [-0.25, -0.2) is 4.98 Å². The first-order chi connectivity index (χ1) is 12.7. The molecule has 1 aliphatic heterocycles. The molecule has 1 unspecified atom stereocenters. The zero-order valence-corrected chi connectivity index (χ0v) is 18.0. The molecule has 1 amide bonds. The second-order valence-corrected chi connectivity index (χ2v) is 7.54. The number of hydrogen-bond acceptors (Lipinski definition) is 5.